The summed E-state index contributed by atoms with van der Waals surface area (Å²) in [7, 11) is 0. The van der Waals surface area contributed by atoms with Crippen LogP contribution in [0.4, 0.5) is 0 Å². The average molecular weight is 210 g/mol. The Kier molecular flexibility index (Phi) is 2.73. The van der Waals surface area contributed by atoms with Gasteiger partial charge in [-0.15, -0.1) is 11.6 Å². The minimum atomic E-state index is 0.258. The number of aliphatic imine (C=N–C) groups is 1. The Balaban J connectivity index is 2.36. The van der Waals surface area contributed by atoms with Gasteiger partial charge in [-0.25, -0.2) is 4.99 Å². The predicted molar refractivity (Wildman–Crippen MR) is 58.0 cm³/mol. The van der Waals surface area contributed by atoms with Gasteiger partial charge in [0, 0.05) is 11.4 Å². The van der Waals surface area contributed by atoms with E-state index in [-0.39, 0.29) is 6.04 Å². The molecule has 2 rings (SSSR count). The predicted octanol–water partition coefficient (Wildman–Crippen LogP) is 2.59. The van der Waals surface area contributed by atoms with Crippen LogP contribution in [0.3, 0.4) is 0 Å². The lowest BCUT2D eigenvalue weighted by Crippen LogP contribution is -2.04. The maximum absolute atomic E-state index is 5.84. The highest BCUT2D eigenvalue weighted by Crippen LogP contribution is 2.17. The van der Waals surface area contributed by atoms with Crippen molar-refractivity contribution in [1.29, 1.82) is 0 Å². The largest absolute Gasteiger partial charge is 0.475 e. The molecule has 1 aliphatic heterocycles. The zero-order valence-electron chi connectivity index (χ0n) is 8.03. The highest BCUT2D eigenvalue weighted by molar-refractivity contribution is 6.17. The molecule has 1 unspecified atom stereocenters. The molecule has 1 atom stereocenters. The van der Waals surface area contributed by atoms with Gasteiger partial charge < -0.3 is 4.74 Å². The van der Waals surface area contributed by atoms with Crippen molar-refractivity contribution in [2.45, 2.75) is 18.8 Å². The molecule has 0 aromatic heterocycles. The zero-order valence-corrected chi connectivity index (χ0v) is 8.79. The topological polar surface area (TPSA) is 21.6 Å². The highest BCUT2D eigenvalue weighted by Gasteiger charge is 2.17. The van der Waals surface area contributed by atoms with Crippen LogP contribution in [0.2, 0.25) is 0 Å². The lowest BCUT2D eigenvalue weighted by molar-refractivity contribution is 0.324. The third-order valence-corrected chi connectivity index (χ3v) is 2.48. The molecule has 1 aromatic carbocycles. The third-order valence-electron chi connectivity index (χ3n) is 2.19. The molecule has 0 fully saturated rings. The molecule has 0 radical (unpaired) electrons. The Morgan fingerprint density at radius 1 is 1.50 bits per heavy atom. The Hall–Kier alpha value is -1.02. The molecular formula is C11H12ClNO. The first-order chi connectivity index (χ1) is 6.81. The van der Waals surface area contributed by atoms with Gasteiger partial charge in [0.2, 0.25) is 5.90 Å². The van der Waals surface area contributed by atoms with Gasteiger partial charge in [-0.2, -0.15) is 0 Å². The van der Waals surface area contributed by atoms with Crippen LogP contribution in [0.1, 0.15) is 18.1 Å². The number of hydrogen-bond donors (Lipinski definition) is 0. The standard InChI is InChI=1S/C11H12ClNO/c1-8-7-14-11(13-8)10-5-3-2-4-9(10)6-12/h2-5,8H,6-7H2,1H3. The zero-order chi connectivity index (χ0) is 9.97. The van der Waals surface area contributed by atoms with Crippen molar-refractivity contribution < 1.29 is 4.74 Å². The maximum Gasteiger partial charge on any atom is 0.216 e. The minimum absolute atomic E-state index is 0.258. The van der Waals surface area contributed by atoms with E-state index in [1.807, 2.05) is 31.2 Å². The van der Waals surface area contributed by atoms with E-state index in [9.17, 15) is 0 Å². The fraction of sp³-hybridized carbons (Fsp3) is 0.364. The van der Waals surface area contributed by atoms with Crippen LogP contribution in [0.15, 0.2) is 29.3 Å². The minimum Gasteiger partial charge on any atom is -0.475 e. The van der Waals surface area contributed by atoms with Crippen LogP contribution >= 0.6 is 11.6 Å². The highest BCUT2D eigenvalue weighted by atomic mass is 35.5. The molecule has 0 N–H and O–H groups in total. The molecule has 2 nitrogen and oxygen atoms in total. The van der Waals surface area contributed by atoms with E-state index >= 15 is 0 Å². The molecule has 0 amide bonds. The third kappa shape index (κ3) is 1.75. The summed E-state index contributed by atoms with van der Waals surface area (Å²) in [5.41, 5.74) is 2.09. The molecule has 14 heavy (non-hydrogen) atoms. The van der Waals surface area contributed by atoms with Gasteiger partial charge in [-0.05, 0) is 18.6 Å². The second-order valence-electron chi connectivity index (χ2n) is 3.39. The van der Waals surface area contributed by atoms with E-state index in [4.69, 9.17) is 16.3 Å². The van der Waals surface area contributed by atoms with E-state index in [0.29, 0.717) is 12.5 Å². The first-order valence-electron chi connectivity index (χ1n) is 4.66. The van der Waals surface area contributed by atoms with Crippen LogP contribution in [-0.2, 0) is 10.6 Å². The van der Waals surface area contributed by atoms with Gasteiger partial charge in [-0.1, -0.05) is 18.2 Å². The van der Waals surface area contributed by atoms with E-state index in [1.165, 1.54) is 0 Å². The van der Waals surface area contributed by atoms with Crippen molar-refractivity contribution in [3.63, 3.8) is 0 Å². The normalized spacial score (nSPS) is 20.4. The molecule has 0 spiro atoms. The van der Waals surface area contributed by atoms with Crippen molar-refractivity contribution in [2.75, 3.05) is 6.61 Å². The molecule has 0 aliphatic carbocycles. The molecular weight excluding hydrogens is 198 g/mol. The average Bonchev–Trinajstić information content (AvgIpc) is 2.65. The van der Waals surface area contributed by atoms with Crippen molar-refractivity contribution >= 4 is 17.5 Å². The van der Waals surface area contributed by atoms with E-state index in [1.54, 1.807) is 0 Å². The van der Waals surface area contributed by atoms with E-state index < -0.39 is 0 Å². The number of alkyl halides is 1. The summed E-state index contributed by atoms with van der Waals surface area (Å²) in [6.45, 7) is 2.71. The molecule has 1 heterocycles. The lowest BCUT2D eigenvalue weighted by Gasteiger charge is -2.05. The maximum atomic E-state index is 5.84. The Bertz CT molecular complexity index is 362. The number of hydrogen-bond acceptors (Lipinski definition) is 2. The fourth-order valence-electron chi connectivity index (χ4n) is 1.47. The van der Waals surface area contributed by atoms with Gasteiger partial charge >= 0.3 is 0 Å². The first-order valence-corrected chi connectivity index (χ1v) is 5.19. The molecule has 1 aromatic rings. The number of benzene rings is 1. The smallest absolute Gasteiger partial charge is 0.216 e. The number of nitrogens with zero attached hydrogens (tertiary/aromatic N) is 1. The molecule has 1 aliphatic rings. The van der Waals surface area contributed by atoms with Gasteiger partial charge in [0.15, 0.2) is 0 Å². The van der Waals surface area contributed by atoms with Gasteiger partial charge in [0.25, 0.3) is 0 Å². The molecule has 3 heteroatoms. The fourth-order valence-corrected chi connectivity index (χ4v) is 1.70. The van der Waals surface area contributed by atoms with Crippen LogP contribution < -0.4 is 0 Å². The SMILES string of the molecule is CC1COC(c2ccccc2CCl)=N1. The van der Waals surface area contributed by atoms with E-state index in [0.717, 1.165) is 17.0 Å². The summed E-state index contributed by atoms with van der Waals surface area (Å²) < 4.78 is 5.49. The summed E-state index contributed by atoms with van der Waals surface area (Å²) in [6.07, 6.45) is 0. The quantitative estimate of drug-likeness (QED) is 0.687. The molecule has 0 saturated heterocycles. The number of rotatable bonds is 2. The lowest BCUT2D eigenvalue weighted by atomic mass is 10.1. The second-order valence-corrected chi connectivity index (χ2v) is 3.65. The number of ether oxygens (including phenoxy) is 1. The van der Waals surface area contributed by atoms with Crippen LogP contribution in [0, 0.1) is 0 Å². The van der Waals surface area contributed by atoms with Crippen LogP contribution in [-0.4, -0.2) is 18.5 Å². The molecule has 74 valence electrons. The van der Waals surface area contributed by atoms with Gasteiger partial charge in [0.1, 0.15) is 6.61 Å². The summed E-state index contributed by atoms with van der Waals surface area (Å²) in [5.74, 6) is 1.22. The summed E-state index contributed by atoms with van der Waals surface area (Å²) in [6, 6.07) is 8.19. The van der Waals surface area contributed by atoms with Crippen LogP contribution in [0.25, 0.3) is 0 Å². The van der Waals surface area contributed by atoms with Crippen molar-refractivity contribution in [1.82, 2.24) is 0 Å². The first kappa shape index (κ1) is 9.53. The van der Waals surface area contributed by atoms with Gasteiger partial charge in [0.05, 0.1) is 6.04 Å². The summed E-state index contributed by atoms with van der Waals surface area (Å²) in [5, 5.41) is 0. The van der Waals surface area contributed by atoms with Gasteiger partial charge in [-0.3, -0.25) is 0 Å². The van der Waals surface area contributed by atoms with E-state index in [2.05, 4.69) is 4.99 Å². The summed E-state index contributed by atoms with van der Waals surface area (Å²) in [4.78, 5) is 4.40. The van der Waals surface area contributed by atoms with Crippen molar-refractivity contribution in [3.8, 4) is 0 Å². The Morgan fingerprint density at radius 3 is 2.93 bits per heavy atom. The Labute approximate surface area is 88.6 Å². The molecule has 0 saturated carbocycles. The monoisotopic (exact) mass is 209 g/mol. The van der Waals surface area contributed by atoms with Crippen molar-refractivity contribution in [3.05, 3.63) is 35.4 Å². The summed E-state index contributed by atoms with van der Waals surface area (Å²) >= 11 is 5.84. The second kappa shape index (κ2) is 4.01. The van der Waals surface area contributed by atoms with Crippen molar-refractivity contribution in [2.24, 2.45) is 4.99 Å². The molecule has 0 bridgehead atoms. The van der Waals surface area contributed by atoms with Crippen LogP contribution in [0.5, 0.6) is 0 Å². The Morgan fingerprint density at radius 2 is 2.29 bits per heavy atom. The number of halogens is 1.